The van der Waals surface area contributed by atoms with Gasteiger partial charge in [0.2, 0.25) is 0 Å². The van der Waals surface area contributed by atoms with Crippen molar-refractivity contribution >= 4 is 5.78 Å². The Kier molecular flexibility index (Phi) is 6.11. The molecule has 0 aromatic heterocycles. The van der Waals surface area contributed by atoms with Crippen LogP contribution in [-0.2, 0) is 10.9 Å². The fourth-order valence-electron chi connectivity index (χ4n) is 4.31. The van der Waals surface area contributed by atoms with E-state index in [2.05, 4.69) is 4.90 Å². The van der Waals surface area contributed by atoms with Gasteiger partial charge in [-0.3, -0.25) is 9.69 Å². The first-order valence-corrected chi connectivity index (χ1v) is 9.42. The van der Waals surface area contributed by atoms with Crippen LogP contribution >= 0.6 is 0 Å². The van der Waals surface area contributed by atoms with E-state index in [0.29, 0.717) is 24.8 Å². The number of rotatable bonds is 5. The Morgan fingerprint density at radius 3 is 2.63 bits per heavy atom. The number of ether oxygens (including phenoxy) is 2. The van der Waals surface area contributed by atoms with E-state index in [1.165, 1.54) is 26.9 Å². The standard InChI is InChI=1S/C20H26F3NO3/c1-13-9-15(20(21,22)23)11-18(26-2)19(13)17(25)10-14-12-27-8-5-16(14)24-6-3-4-7-24/h9,11,14,16H,3-8,10,12H2,1-2H3/t14-,16-/m1/s1. The Balaban J connectivity index is 1.82. The second kappa shape index (κ2) is 8.19. The molecule has 1 aromatic rings. The van der Waals surface area contributed by atoms with Gasteiger partial charge in [-0.1, -0.05) is 0 Å². The predicted molar refractivity (Wildman–Crippen MR) is 95.2 cm³/mol. The van der Waals surface area contributed by atoms with Crippen molar-refractivity contribution in [3.63, 3.8) is 0 Å². The smallest absolute Gasteiger partial charge is 0.416 e. The Labute approximate surface area is 157 Å². The molecule has 2 atom stereocenters. The minimum atomic E-state index is -4.47. The number of nitrogens with zero attached hydrogens (tertiary/aromatic N) is 1. The zero-order valence-electron chi connectivity index (χ0n) is 15.8. The lowest BCUT2D eigenvalue weighted by molar-refractivity contribution is -0.137. The number of halogens is 3. The van der Waals surface area contributed by atoms with Gasteiger partial charge in [0.15, 0.2) is 5.78 Å². The number of carbonyl (C=O) groups excluding carboxylic acids is 1. The number of hydrogen-bond acceptors (Lipinski definition) is 4. The van der Waals surface area contributed by atoms with Gasteiger partial charge < -0.3 is 9.47 Å². The van der Waals surface area contributed by atoms with Crippen LogP contribution in [0.15, 0.2) is 12.1 Å². The molecule has 0 spiro atoms. The molecule has 27 heavy (non-hydrogen) atoms. The van der Waals surface area contributed by atoms with Gasteiger partial charge in [0.25, 0.3) is 0 Å². The maximum absolute atomic E-state index is 13.1. The molecule has 2 saturated heterocycles. The summed E-state index contributed by atoms with van der Waals surface area (Å²) in [7, 11) is 1.29. The number of methoxy groups -OCH3 is 1. The van der Waals surface area contributed by atoms with Crippen molar-refractivity contribution in [3.05, 3.63) is 28.8 Å². The summed E-state index contributed by atoms with van der Waals surface area (Å²) < 4.78 is 49.9. The third kappa shape index (κ3) is 4.46. The number of ketones is 1. The number of alkyl halides is 3. The van der Waals surface area contributed by atoms with E-state index in [1.54, 1.807) is 0 Å². The minimum Gasteiger partial charge on any atom is -0.496 e. The monoisotopic (exact) mass is 385 g/mol. The van der Waals surface area contributed by atoms with E-state index in [4.69, 9.17) is 9.47 Å². The van der Waals surface area contributed by atoms with E-state index in [9.17, 15) is 18.0 Å². The molecule has 0 radical (unpaired) electrons. The quantitative estimate of drug-likeness (QED) is 0.716. The fourth-order valence-corrected chi connectivity index (χ4v) is 4.31. The van der Waals surface area contributed by atoms with Gasteiger partial charge in [-0.25, -0.2) is 0 Å². The number of benzene rings is 1. The molecule has 0 N–H and O–H groups in total. The minimum absolute atomic E-state index is 0.0122. The Hall–Kier alpha value is -1.60. The third-order valence-corrected chi connectivity index (χ3v) is 5.62. The Morgan fingerprint density at radius 2 is 2.00 bits per heavy atom. The molecule has 2 heterocycles. The van der Waals surface area contributed by atoms with Crippen molar-refractivity contribution in [2.45, 2.75) is 44.8 Å². The lowest BCUT2D eigenvalue weighted by Gasteiger charge is -2.37. The van der Waals surface area contributed by atoms with Crippen LogP contribution in [0.25, 0.3) is 0 Å². The van der Waals surface area contributed by atoms with Crippen molar-refractivity contribution < 1.29 is 27.4 Å². The number of hydrogen-bond donors (Lipinski definition) is 0. The number of likely N-dealkylation sites (tertiary alicyclic amines) is 1. The highest BCUT2D eigenvalue weighted by atomic mass is 19.4. The highest BCUT2D eigenvalue weighted by Crippen LogP contribution is 2.36. The van der Waals surface area contributed by atoms with Crippen molar-refractivity contribution in [1.82, 2.24) is 4.90 Å². The van der Waals surface area contributed by atoms with Crippen LogP contribution in [0, 0.1) is 12.8 Å². The maximum atomic E-state index is 13.1. The Bertz CT molecular complexity index is 684. The highest BCUT2D eigenvalue weighted by molar-refractivity contribution is 6.00. The fraction of sp³-hybridized carbons (Fsp3) is 0.650. The summed E-state index contributed by atoms with van der Waals surface area (Å²) in [5.74, 6) is -0.143. The number of aryl methyl sites for hydroxylation is 1. The van der Waals surface area contributed by atoms with Crippen LogP contribution in [0.3, 0.4) is 0 Å². The SMILES string of the molecule is COc1cc(C(F)(F)F)cc(C)c1C(=O)C[C@@H]1COCC[C@H]1N1CCCC1. The van der Waals surface area contributed by atoms with Gasteiger partial charge in [-0.05, 0) is 57.0 Å². The van der Waals surface area contributed by atoms with E-state index in [-0.39, 0.29) is 29.4 Å². The average molecular weight is 385 g/mol. The topological polar surface area (TPSA) is 38.8 Å². The predicted octanol–water partition coefficient (Wildman–Crippen LogP) is 4.10. The summed E-state index contributed by atoms with van der Waals surface area (Å²) in [6.07, 6.45) is -0.990. The summed E-state index contributed by atoms with van der Waals surface area (Å²) in [4.78, 5) is 15.4. The van der Waals surface area contributed by atoms with Crippen LogP contribution in [-0.4, -0.2) is 50.1 Å². The normalized spacial score (nSPS) is 24.2. The van der Waals surface area contributed by atoms with Gasteiger partial charge in [0.05, 0.1) is 24.8 Å². The maximum Gasteiger partial charge on any atom is 0.416 e. The molecule has 1 aromatic carbocycles. The van der Waals surface area contributed by atoms with Gasteiger partial charge in [0.1, 0.15) is 5.75 Å². The van der Waals surface area contributed by atoms with Gasteiger partial charge >= 0.3 is 6.18 Å². The zero-order valence-corrected chi connectivity index (χ0v) is 15.8. The lowest BCUT2D eigenvalue weighted by Crippen LogP contribution is -2.45. The Morgan fingerprint density at radius 1 is 1.30 bits per heavy atom. The first kappa shape index (κ1) is 20.1. The molecule has 7 heteroatoms. The summed E-state index contributed by atoms with van der Waals surface area (Å²) in [5.41, 5.74) is -0.262. The van der Waals surface area contributed by atoms with Crippen LogP contribution in [0.5, 0.6) is 5.75 Å². The van der Waals surface area contributed by atoms with E-state index in [0.717, 1.165) is 31.6 Å². The van der Waals surface area contributed by atoms with Crippen molar-refractivity contribution in [1.29, 1.82) is 0 Å². The second-order valence-corrected chi connectivity index (χ2v) is 7.43. The molecule has 0 unspecified atom stereocenters. The molecule has 0 bridgehead atoms. The summed E-state index contributed by atoms with van der Waals surface area (Å²) in [5, 5.41) is 0. The molecule has 2 fully saturated rings. The van der Waals surface area contributed by atoms with Gasteiger partial charge in [-0.2, -0.15) is 13.2 Å². The molecular formula is C20H26F3NO3. The van der Waals surface area contributed by atoms with Crippen molar-refractivity contribution in [3.8, 4) is 5.75 Å². The molecule has 150 valence electrons. The van der Waals surface area contributed by atoms with Gasteiger partial charge in [-0.15, -0.1) is 0 Å². The molecule has 0 amide bonds. The molecule has 2 aliphatic rings. The van der Waals surface area contributed by atoms with E-state index in [1.807, 2.05) is 0 Å². The number of carbonyl (C=O) groups is 1. The third-order valence-electron chi connectivity index (χ3n) is 5.62. The highest BCUT2D eigenvalue weighted by Gasteiger charge is 2.36. The second-order valence-electron chi connectivity index (χ2n) is 7.43. The van der Waals surface area contributed by atoms with Crippen LogP contribution in [0.2, 0.25) is 0 Å². The molecule has 4 nitrogen and oxygen atoms in total. The molecular weight excluding hydrogens is 359 g/mol. The molecule has 3 rings (SSSR count). The summed E-state index contributed by atoms with van der Waals surface area (Å²) in [6.45, 7) is 4.81. The summed E-state index contributed by atoms with van der Waals surface area (Å²) in [6, 6.07) is 2.23. The van der Waals surface area contributed by atoms with E-state index < -0.39 is 11.7 Å². The zero-order chi connectivity index (χ0) is 19.6. The molecule has 0 saturated carbocycles. The van der Waals surface area contributed by atoms with Crippen LogP contribution in [0.1, 0.15) is 47.2 Å². The van der Waals surface area contributed by atoms with Crippen LogP contribution < -0.4 is 4.74 Å². The van der Waals surface area contributed by atoms with Crippen molar-refractivity contribution in [2.75, 3.05) is 33.4 Å². The van der Waals surface area contributed by atoms with Crippen molar-refractivity contribution in [2.24, 2.45) is 5.92 Å². The number of Topliss-reactive ketones (excluding diaryl/α,β-unsaturated/α-hetero) is 1. The first-order chi connectivity index (χ1) is 12.8. The summed E-state index contributed by atoms with van der Waals surface area (Å²) >= 11 is 0. The van der Waals surface area contributed by atoms with E-state index >= 15 is 0 Å². The lowest BCUT2D eigenvalue weighted by atomic mass is 9.86. The molecule has 2 aliphatic heterocycles. The first-order valence-electron chi connectivity index (χ1n) is 9.42. The largest absolute Gasteiger partial charge is 0.496 e. The molecule has 0 aliphatic carbocycles. The average Bonchev–Trinajstić information content (AvgIpc) is 3.15. The van der Waals surface area contributed by atoms with Crippen LogP contribution in [0.4, 0.5) is 13.2 Å². The van der Waals surface area contributed by atoms with Gasteiger partial charge in [0, 0.05) is 25.0 Å².